The van der Waals surface area contributed by atoms with Gasteiger partial charge < -0.3 is 15.4 Å². The Kier molecular flexibility index (Phi) is 6.14. The number of hydrogen-bond acceptors (Lipinski definition) is 4. The van der Waals surface area contributed by atoms with Crippen LogP contribution >= 0.6 is 0 Å². The summed E-state index contributed by atoms with van der Waals surface area (Å²) < 4.78 is 18.2. The molecular weight excluding hydrogens is 275 g/mol. The first-order chi connectivity index (χ1) is 9.85. The molecule has 0 saturated carbocycles. The Bertz CT molecular complexity index is 518. The molecule has 21 heavy (non-hydrogen) atoms. The Balaban J connectivity index is 2.66. The first-order valence-electron chi connectivity index (χ1n) is 6.76. The van der Waals surface area contributed by atoms with Crippen LogP contribution in [0.4, 0.5) is 10.1 Å². The Hall–Kier alpha value is -2.11. The minimum Gasteiger partial charge on any atom is -0.465 e. The number of methoxy groups -OCH3 is 1. The highest BCUT2D eigenvalue weighted by molar-refractivity contribution is 5.90. The summed E-state index contributed by atoms with van der Waals surface area (Å²) in [7, 11) is 1.25. The zero-order valence-electron chi connectivity index (χ0n) is 12.7. The van der Waals surface area contributed by atoms with Crippen molar-refractivity contribution in [2.24, 2.45) is 5.92 Å². The number of carbonyl (C=O) groups is 2. The lowest BCUT2D eigenvalue weighted by atomic mass is 10.1. The van der Waals surface area contributed by atoms with Crippen molar-refractivity contribution in [3.05, 3.63) is 29.6 Å². The van der Waals surface area contributed by atoms with Crippen molar-refractivity contribution in [1.29, 1.82) is 0 Å². The summed E-state index contributed by atoms with van der Waals surface area (Å²) in [4.78, 5) is 23.1. The van der Waals surface area contributed by atoms with Gasteiger partial charge >= 0.3 is 5.97 Å². The normalized spacial score (nSPS) is 11.9. The maximum atomic E-state index is 13.6. The van der Waals surface area contributed by atoms with Crippen molar-refractivity contribution >= 4 is 17.6 Å². The van der Waals surface area contributed by atoms with Crippen molar-refractivity contribution in [2.75, 3.05) is 19.0 Å². The molecule has 1 amide bonds. The average molecular weight is 296 g/mol. The number of benzene rings is 1. The zero-order valence-corrected chi connectivity index (χ0v) is 12.7. The van der Waals surface area contributed by atoms with Crippen LogP contribution in [0.5, 0.6) is 0 Å². The van der Waals surface area contributed by atoms with Gasteiger partial charge in [-0.15, -0.1) is 0 Å². The lowest BCUT2D eigenvalue weighted by Crippen LogP contribution is -2.39. The van der Waals surface area contributed by atoms with Gasteiger partial charge in [-0.05, 0) is 31.0 Å². The summed E-state index contributed by atoms with van der Waals surface area (Å²) in [5.74, 6) is -1.02. The third-order valence-corrected chi connectivity index (χ3v) is 3.22. The molecule has 1 aromatic carbocycles. The van der Waals surface area contributed by atoms with E-state index in [-0.39, 0.29) is 29.7 Å². The highest BCUT2D eigenvalue weighted by atomic mass is 19.1. The quantitative estimate of drug-likeness (QED) is 0.790. The Morgan fingerprint density at radius 3 is 2.52 bits per heavy atom. The van der Waals surface area contributed by atoms with Crippen molar-refractivity contribution in [3.63, 3.8) is 0 Å². The standard InChI is InChI=1S/C15H21FN2O3/c1-9(2)10(3)18-14(19)8-17-13-7-11(15(20)21-4)5-6-12(13)16/h5-7,9-10,17H,8H2,1-4H3,(H,18,19). The fourth-order valence-corrected chi connectivity index (χ4v) is 1.55. The number of rotatable bonds is 6. The van der Waals surface area contributed by atoms with E-state index < -0.39 is 11.8 Å². The van der Waals surface area contributed by atoms with Gasteiger partial charge in [-0.25, -0.2) is 9.18 Å². The summed E-state index contributed by atoms with van der Waals surface area (Å²) in [5.41, 5.74) is 0.308. The molecule has 116 valence electrons. The average Bonchev–Trinajstić information content (AvgIpc) is 2.45. The van der Waals surface area contributed by atoms with Crippen LogP contribution in [0.2, 0.25) is 0 Å². The van der Waals surface area contributed by atoms with E-state index >= 15 is 0 Å². The van der Waals surface area contributed by atoms with Crippen LogP contribution < -0.4 is 10.6 Å². The molecule has 1 rings (SSSR count). The van der Waals surface area contributed by atoms with E-state index in [9.17, 15) is 14.0 Å². The van der Waals surface area contributed by atoms with Crippen LogP contribution in [0.3, 0.4) is 0 Å². The van der Waals surface area contributed by atoms with Crippen LogP contribution in [0.25, 0.3) is 0 Å². The smallest absolute Gasteiger partial charge is 0.337 e. The summed E-state index contributed by atoms with van der Waals surface area (Å²) in [5, 5.41) is 5.48. The summed E-state index contributed by atoms with van der Waals surface area (Å²) >= 11 is 0. The molecule has 0 aliphatic rings. The number of ether oxygens (including phenoxy) is 1. The fourth-order valence-electron chi connectivity index (χ4n) is 1.55. The third kappa shape index (κ3) is 5.06. The second-order valence-electron chi connectivity index (χ2n) is 5.14. The number of anilines is 1. The van der Waals surface area contributed by atoms with E-state index in [4.69, 9.17) is 0 Å². The van der Waals surface area contributed by atoms with Crippen LogP contribution in [0, 0.1) is 11.7 Å². The molecule has 0 aliphatic heterocycles. The largest absolute Gasteiger partial charge is 0.465 e. The first-order valence-corrected chi connectivity index (χ1v) is 6.76. The van der Waals surface area contributed by atoms with Crippen molar-refractivity contribution in [2.45, 2.75) is 26.8 Å². The summed E-state index contributed by atoms with van der Waals surface area (Å²) in [6.45, 7) is 5.83. The minimum absolute atomic E-state index is 0.0329. The minimum atomic E-state index is -0.559. The number of esters is 1. The molecule has 1 atom stereocenters. The summed E-state index contributed by atoms with van der Waals surface area (Å²) in [6, 6.07) is 3.84. The van der Waals surface area contributed by atoms with Crippen molar-refractivity contribution in [1.82, 2.24) is 5.32 Å². The summed E-state index contributed by atoms with van der Waals surface area (Å²) in [6.07, 6.45) is 0. The Morgan fingerprint density at radius 1 is 1.29 bits per heavy atom. The highest BCUT2D eigenvalue weighted by Gasteiger charge is 2.13. The fraction of sp³-hybridized carbons (Fsp3) is 0.467. The molecule has 1 unspecified atom stereocenters. The molecule has 1 aromatic rings. The van der Waals surface area contributed by atoms with Gasteiger partial charge in [-0.2, -0.15) is 0 Å². The number of nitrogens with one attached hydrogen (secondary N) is 2. The first kappa shape index (κ1) is 16.9. The molecule has 0 aliphatic carbocycles. The van der Waals surface area contributed by atoms with Gasteiger partial charge in [0.05, 0.1) is 24.9 Å². The molecule has 5 nitrogen and oxygen atoms in total. The van der Waals surface area contributed by atoms with E-state index in [1.54, 1.807) is 0 Å². The van der Waals surface area contributed by atoms with Gasteiger partial charge in [0.15, 0.2) is 0 Å². The highest BCUT2D eigenvalue weighted by Crippen LogP contribution is 2.16. The molecular formula is C15H21FN2O3. The second-order valence-corrected chi connectivity index (χ2v) is 5.14. The molecule has 0 saturated heterocycles. The van der Waals surface area contributed by atoms with Crippen LogP contribution in [0.1, 0.15) is 31.1 Å². The number of hydrogen-bond donors (Lipinski definition) is 2. The monoisotopic (exact) mass is 296 g/mol. The molecule has 0 heterocycles. The van der Waals surface area contributed by atoms with E-state index in [2.05, 4.69) is 15.4 Å². The molecule has 0 bridgehead atoms. The number of amides is 1. The second kappa shape index (κ2) is 7.61. The maximum Gasteiger partial charge on any atom is 0.337 e. The van der Waals surface area contributed by atoms with Gasteiger partial charge in [0.2, 0.25) is 5.91 Å². The van der Waals surface area contributed by atoms with Crippen LogP contribution in [-0.4, -0.2) is 31.6 Å². The van der Waals surface area contributed by atoms with E-state index in [1.807, 2.05) is 20.8 Å². The van der Waals surface area contributed by atoms with E-state index in [1.165, 1.54) is 19.2 Å². The molecule has 0 fully saturated rings. The van der Waals surface area contributed by atoms with Crippen LogP contribution in [-0.2, 0) is 9.53 Å². The lowest BCUT2D eigenvalue weighted by molar-refractivity contribution is -0.120. The number of halogens is 1. The van der Waals surface area contributed by atoms with E-state index in [0.717, 1.165) is 6.07 Å². The predicted octanol–water partition coefficient (Wildman–Crippen LogP) is 2.18. The lowest BCUT2D eigenvalue weighted by Gasteiger charge is -2.18. The number of carbonyl (C=O) groups excluding carboxylic acids is 2. The topological polar surface area (TPSA) is 67.4 Å². The zero-order chi connectivity index (χ0) is 16.0. The van der Waals surface area contributed by atoms with Gasteiger partial charge in [-0.3, -0.25) is 4.79 Å². The predicted molar refractivity (Wildman–Crippen MR) is 78.7 cm³/mol. The van der Waals surface area contributed by atoms with Gasteiger partial charge in [0.1, 0.15) is 5.82 Å². The van der Waals surface area contributed by atoms with Gasteiger partial charge in [0.25, 0.3) is 0 Å². The molecule has 0 radical (unpaired) electrons. The van der Waals surface area contributed by atoms with Gasteiger partial charge in [-0.1, -0.05) is 13.8 Å². The molecule has 0 spiro atoms. The molecule has 2 N–H and O–H groups in total. The molecule has 6 heteroatoms. The molecule has 0 aromatic heterocycles. The SMILES string of the molecule is COC(=O)c1ccc(F)c(NCC(=O)NC(C)C(C)C)c1. The van der Waals surface area contributed by atoms with Crippen molar-refractivity contribution < 1.29 is 18.7 Å². The van der Waals surface area contributed by atoms with E-state index in [0.29, 0.717) is 5.92 Å². The van der Waals surface area contributed by atoms with Crippen molar-refractivity contribution in [3.8, 4) is 0 Å². The Labute approximate surface area is 123 Å². The van der Waals surface area contributed by atoms with Crippen LogP contribution in [0.15, 0.2) is 18.2 Å². The third-order valence-electron chi connectivity index (χ3n) is 3.22. The van der Waals surface area contributed by atoms with Gasteiger partial charge in [0, 0.05) is 6.04 Å². The maximum absolute atomic E-state index is 13.6. The Morgan fingerprint density at radius 2 is 1.95 bits per heavy atom.